The van der Waals surface area contributed by atoms with Gasteiger partial charge in [-0.05, 0) is 94.1 Å². The fourth-order valence-electron chi connectivity index (χ4n) is 9.58. The van der Waals surface area contributed by atoms with Crippen molar-refractivity contribution in [3.8, 4) is 48.2 Å². The van der Waals surface area contributed by atoms with Crippen LogP contribution in [-0.4, -0.2) is 98.6 Å². The number of nitrogens with zero attached hydrogens (tertiary/aromatic N) is 6. The van der Waals surface area contributed by atoms with E-state index >= 15 is 4.39 Å². The van der Waals surface area contributed by atoms with Crippen LogP contribution < -0.4 is 15.0 Å². The van der Waals surface area contributed by atoms with Crippen molar-refractivity contribution in [3.63, 3.8) is 0 Å². The van der Waals surface area contributed by atoms with Crippen molar-refractivity contribution in [2.75, 3.05) is 44.2 Å². The highest BCUT2D eigenvalue weighted by Gasteiger charge is 2.46. The van der Waals surface area contributed by atoms with Crippen LogP contribution in [0.4, 0.5) is 14.6 Å². The molecule has 2 aromatic heterocycles. The molecular formula is C45H49F2N7O4. The Hall–Kier alpha value is -5.79. The van der Waals surface area contributed by atoms with E-state index in [9.17, 15) is 19.1 Å². The van der Waals surface area contributed by atoms with Crippen molar-refractivity contribution in [3.05, 3.63) is 60.3 Å². The van der Waals surface area contributed by atoms with Gasteiger partial charge in [-0.2, -0.15) is 9.97 Å². The number of benzene rings is 2. The molecule has 2 unspecified atom stereocenters. The van der Waals surface area contributed by atoms with Crippen molar-refractivity contribution in [2.24, 2.45) is 0 Å². The Morgan fingerprint density at radius 1 is 1.05 bits per heavy atom. The standard InChI is InChI=1S/C43H47F2N7O4.C2H2/c1-3-31-34(44)15-12-27-21-30(53)22-32(37(27)31)39-38(45)40-33(23-47-39)41(49-42(48-40)56-26-43-16-9-19-51(43)20-10-17-43)50-24-28-13-14-29(25-50)52(28)36(55)11-7-5-6-8-18-46-35(54)4-2;1-2/h1,4,12,15,21-23,28-29,53H,2,5-11,13-14,16-20,24-26H2,(H,46,54);1-2H. The molecular weight excluding hydrogens is 741 g/mol. The number of fused-ring (bicyclic) bond motifs is 5. The number of aromatic nitrogens is 3. The normalized spacial score (nSPS) is 19.4. The number of nitrogens with one attached hydrogen (secondary N) is 1. The molecule has 0 spiro atoms. The first-order valence-electron chi connectivity index (χ1n) is 20.2. The predicted molar refractivity (Wildman–Crippen MR) is 220 cm³/mol. The first-order valence-corrected chi connectivity index (χ1v) is 20.2. The van der Waals surface area contributed by atoms with Gasteiger partial charge in [-0.15, -0.1) is 19.3 Å². The molecule has 4 saturated heterocycles. The molecule has 4 fully saturated rings. The average molecular weight is 790 g/mol. The summed E-state index contributed by atoms with van der Waals surface area (Å²) in [5.74, 6) is 1.29. The van der Waals surface area contributed by atoms with E-state index in [1.807, 2.05) is 4.90 Å². The van der Waals surface area contributed by atoms with Crippen molar-refractivity contribution >= 4 is 39.3 Å². The van der Waals surface area contributed by atoms with Gasteiger partial charge in [0.25, 0.3) is 0 Å². The molecule has 2 atom stereocenters. The maximum absolute atomic E-state index is 17.1. The molecule has 2 aromatic carbocycles. The minimum absolute atomic E-state index is 0.00716. The summed E-state index contributed by atoms with van der Waals surface area (Å²) >= 11 is 0. The molecule has 58 heavy (non-hydrogen) atoms. The number of hydrogen-bond acceptors (Lipinski definition) is 9. The van der Waals surface area contributed by atoms with E-state index in [1.165, 1.54) is 36.5 Å². The van der Waals surface area contributed by atoms with E-state index in [1.54, 1.807) is 0 Å². The van der Waals surface area contributed by atoms with Crippen LogP contribution in [0.1, 0.15) is 76.2 Å². The predicted octanol–water partition coefficient (Wildman–Crippen LogP) is 6.50. The highest BCUT2D eigenvalue weighted by atomic mass is 19.1. The van der Waals surface area contributed by atoms with Crippen molar-refractivity contribution in [1.82, 2.24) is 30.1 Å². The molecule has 4 aliphatic rings. The van der Waals surface area contributed by atoms with Crippen LogP contribution in [0, 0.1) is 36.8 Å². The van der Waals surface area contributed by atoms with E-state index in [4.69, 9.17) is 16.1 Å². The van der Waals surface area contributed by atoms with Gasteiger partial charge in [-0.1, -0.05) is 31.4 Å². The van der Waals surface area contributed by atoms with Gasteiger partial charge in [0.15, 0.2) is 5.82 Å². The highest BCUT2D eigenvalue weighted by Crippen LogP contribution is 2.42. The summed E-state index contributed by atoms with van der Waals surface area (Å²) in [6.45, 7) is 7.52. The third kappa shape index (κ3) is 7.76. The van der Waals surface area contributed by atoms with Crippen molar-refractivity contribution in [1.29, 1.82) is 0 Å². The van der Waals surface area contributed by atoms with Gasteiger partial charge in [-0.3, -0.25) is 19.5 Å². The SMILES string of the molecule is C#C.C#Cc1c(F)ccc2cc(O)cc(-c3ncc4c(N5CC6CCC(C5)N6C(=O)CCCCCCNC(=O)C=C)nc(OCC56CCCN5CCC6)nc4c3F)c12. The molecule has 13 heteroatoms. The summed E-state index contributed by atoms with van der Waals surface area (Å²) in [5.41, 5.74) is -0.147. The summed E-state index contributed by atoms with van der Waals surface area (Å²) in [6.07, 6.45) is 26.4. The topological polar surface area (TPSA) is 124 Å². The number of pyridine rings is 1. The van der Waals surface area contributed by atoms with Crippen LogP contribution in [0.5, 0.6) is 11.8 Å². The number of carbonyl (C=O) groups is 2. The first-order chi connectivity index (χ1) is 28.2. The van der Waals surface area contributed by atoms with E-state index in [-0.39, 0.29) is 68.9 Å². The van der Waals surface area contributed by atoms with E-state index in [2.05, 4.69) is 50.4 Å². The van der Waals surface area contributed by atoms with Crippen LogP contribution in [0.15, 0.2) is 43.1 Å². The lowest BCUT2D eigenvalue weighted by Gasteiger charge is -2.42. The second-order valence-electron chi connectivity index (χ2n) is 15.6. The third-order valence-electron chi connectivity index (χ3n) is 12.2. The molecule has 6 heterocycles. The van der Waals surface area contributed by atoms with Gasteiger partial charge in [0.2, 0.25) is 11.8 Å². The maximum atomic E-state index is 17.1. The van der Waals surface area contributed by atoms with E-state index in [0.29, 0.717) is 49.3 Å². The van der Waals surface area contributed by atoms with Gasteiger partial charge >= 0.3 is 6.01 Å². The molecule has 2 bridgehead atoms. The van der Waals surface area contributed by atoms with Gasteiger partial charge < -0.3 is 25.0 Å². The summed E-state index contributed by atoms with van der Waals surface area (Å²) in [5, 5.41) is 14.5. The molecule has 0 aliphatic carbocycles. The van der Waals surface area contributed by atoms with Crippen molar-refractivity contribution in [2.45, 2.75) is 88.3 Å². The Morgan fingerprint density at radius 3 is 2.48 bits per heavy atom. The summed E-state index contributed by atoms with van der Waals surface area (Å²) in [7, 11) is 0. The van der Waals surface area contributed by atoms with E-state index in [0.717, 1.165) is 77.3 Å². The fourth-order valence-corrected chi connectivity index (χ4v) is 9.58. The van der Waals surface area contributed by atoms with Gasteiger partial charge in [0.05, 0.1) is 16.5 Å². The fraction of sp³-hybridized carbons (Fsp3) is 0.444. The molecule has 0 radical (unpaired) electrons. The molecule has 11 nitrogen and oxygen atoms in total. The summed E-state index contributed by atoms with van der Waals surface area (Å²) in [6, 6.07) is 5.51. The zero-order chi connectivity index (χ0) is 41.0. The zero-order valence-electron chi connectivity index (χ0n) is 32.7. The monoisotopic (exact) mass is 789 g/mol. The smallest absolute Gasteiger partial charge is 0.319 e. The molecule has 0 saturated carbocycles. The van der Waals surface area contributed by atoms with Gasteiger partial charge in [0.1, 0.15) is 35.2 Å². The van der Waals surface area contributed by atoms with Gasteiger partial charge in [-0.25, -0.2) is 8.78 Å². The Morgan fingerprint density at radius 2 is 1.78 bits per heavy atom. The number of phenols is 1. The lowest BCUT2D eigenvalue weighted by atomic mass is 9.95. The lowest BCUT2D eigenvalue weighted by Crippen LogP contribution is -2.56. The number of aromatic hydroxyl groups is 1. The largest absolute Gasteiger partial charge is 0.508 e. The van der Waals surface area contributed by atoms with Gasteiger partial charge in [0, 0.05) is 55.3 Å². The summed E-state index contributed by atoms with van der Waals surface area (Å²) < 4.78 is 38.5. The van der Waals surface area contributed by atoms with Crippen LogP contribution >= 0.6 is 0 Å². The molecule has 2 N–H and O–H groups in total. The Bertz CT molecular complexity index is 2270. The lowest BCUT2D eigenvalue weighted by molar-refractivity contribution is -0.134. The number of phenolic OH excluding ortho intramolecular Hbond substituents is 1. The van der Waals surface area contributed by atoms with Crippen LogP contribution in [-0.2, 0) is 9.59 Å². The minimum atomic E-state index is -0.767. The number of carbonyl (C=O) groups excluding carboxylic acids is 2. The van der Waals surface area contributed by atoms with E-state index < -0.39 is 11.6 Å². The number of unbranched alkanes of at least 4 members (excludes halogenated alkanes) is 3. The Balaban J connectivity index is 0.00000252. The number of anilines is 1. The average Bonchev–Trinajstić information content (AvgIpc) is 3.90. The Kier molecular flexibility index (Phi) is 12.1. The first kappa shape index (κ1) is 40.4. The molecule has 2 amide bonds. The second kappa shape index (κ2) is 17.4. The second-order valence-corrected chi connectivity index (χ2v) is 15.6. The number of rotatable bonds is 13. The maximum Gasteiger partial charge on any atom is 0.319 e. The molecule has 8 rings (SSSR count). The number of ether oxygens (including phenoxy) is 1. The van der Waals surface area contributed by atoms with Crippen LogP contribution in [0.3, 0.4) is 0 Å². The number of terminal acetylenes is 2. The quantitative estimate of drug-likeness (QED) is 0.0888. The highest BCUT2D eigenvalue weighted by molar-refractivity contribution is 6.03. The van der Waals surface area contributed by atoms with Crippen molar-refractivity contribution < 1.29 is 28.2 Å². The van der Waals surface area contributed by atoms with Crippen LogP contribution in [0.2, 0.25) is 0 Å². The Labute approximate surface area is 337 Å². The number of hydrogen-bond donors (Lipinski definition) is 2. The zero-order valence-corrected chi connectivity index (χ0v) is 32.7. The number of amides is 2. The third-order valence-corrected chi connectivity index (χ3v) is 12.2. The minimum Gasteiger partial charge on any atom is -0.508 e. The molecule has 4 aromatic rings. The number of halogens is 2. The van der Waals surface area contributed by atoms with Crippen LogP contribution in [0.25, 0.3) is 32.9 Å². The summed E-state index contributed by atoms with van der Waals surface area (Å²) in [4.78, 5) is 45.7. The number of piperazine rings is 1. The molecule has 4 aliphatic heterocycles. The molecule has 302 valence electrons.